The summed E-state index contributed by atoms with van der Waals surface area (Å²) in [5, 5.41) is 4.84. The van der Waals surface area contributed by atoms with E-state index in [1.165, 1.54) is 11.3 Å². The Balaban J connectivity index is 1.67. The van der Waals surface area contributed by atoms with Crippen molar-refractivity contribution < 1.29 is 9.53 Å². The maximum Gasteiger partial charge on any atom is 0.266 e. The van der Waals surface area contributed by atoms with Crippen LogP contribution in [0.5, 0.6) is 0 Å². The summed E-state index contributed by atoms with van der Waals surface area (Å²) >= 11 is 7.97. The van der Waals surface area contributed by atoms with Gasteiger partial charge in [0.2, 0.25) is 0 Å². The molecule has 0 spiro atoms. The second kappa shape index (κ2) is 7.27. The average molecular weight is 387 g/mol. The number of carbonyl (C=O) groups is 1. The fraction of sp³-hybridized carbons (Fsp3) is 0.250. The van der Waals surface area contributed by atoms with Crippen LogP contribution in [0.3, 0.4) is 0 Å². The van der Waals surface area contributed by atoms with E-state index in [1.807, 2.05) is 43.3 Å². The van der Waals surface area contributed by atoms with Crippen molar-refractivity contribution in [1.29, 1.82) is 0 Å². The number of para-hydroxylation sites is 1. The van der Waals surface area contributed by atoms with E-state index in [1.54, 1.807) is 0 Å². The first-order valence-corrected chi connectivity index (χ1v) is 9.75. The number of morpholine rings is 1. The molecular weight excluding hydrogens is 368 g/mol. The van der Waals surface area contributed by atoms with Gasteiger partial charge in [0.05, 0.1) is 34.5 Å². The molecule has 2 aromatic carbocycles. The standard InChI is InChI=1S/C20H19ClN2O2S/c1-13-14-5-2-3-8-17(14)26-19(13)20(24)22-16-7-4-6-15(21)18(16)23-9-11-25-12-10-23/h2-8H,9-12H2,1H3,(H,22,24). The average Bonchev–Trinajstić information content (AvgIpc) is 3.00. The van der Waals surface area contributed by atoms with E-state index in [-0.39, 0.29) is 5.91 Å². The van der Waals surface area contributed by atoms with Gasteiger partial charge in [0.1, 0.15) is 0 Å². The highest BCUT2D eigenvalue weighted by Crippen LogP contribution is 2.36. The Morgan fingerprint density at radius 2 is 1.92 bits per heavy atom. The molecule has 0 bridgehead atoms. The minimum absolute atomic E-state index is 0.0968. The van der Waals surface area contributed by atoms with Crippen molar-refractivity contribution in [1.82, 2.24) is 0 Å². The summed E-state index contributed by atoms with van der Waals surface area (Å²) in [5.41, 5.74) is 2.61. The fourth-order valence-electron chi connectivity index (χ4n) is 3.29. The minimum Gasteiger partial charge on any atom is -0.378 e. The molecule has 134 valence electrons. The first-order chi connectivity index (χ1) is 12.6. The number of carbonyl (C=O) groups excluding carboxylic acids is 1. The van der Waals surface area contributed by atoms with Crippen LogP contribution in [0.15, 0.2) is 42.5 Å². The SMILES string of the molecule is Cc1c(C(=O)Nc2cccc(Cl)c2N2CCOCC2)sc2ccccc12. The molecule has 0 unspecified atom stereocenters. The van der Waals surface area contributed by atoms with E-state index >= 15 is 0 Å². The van der Waals surface area contributed by atoms with E-state index in [4.69, 9.17) is 16.3 Å². The van der Waals surface area contributed by atoms with Gasteiger partial charge >= 0.3 is 0 Å². The second-order valence-electron chi connectivity index (χ2n) is 6.24. The van der Waals surface area contributed by atoms with E-state index in [0.29, 0.717) is 18.2 Å². The Morgan fingerprint density at radius 3 is 2.69 bits per heavy atom. The lowest BCUT2D eigenvalue weighted by molar-refractivity contribution is 0.103. The first-order valence-electron chi connectivity index (χ1n) is 8.56. The highest BCUT2D eigenvalue weighted by Gasteiger charge is 2.21. The molecule has 1 saturated heterocycles. The molecular formula is C20H19ClN2O2S. The molecule has 0 atom stereocenters. The maximum absolute atomic E-state index is 13.0. The summed E-state index contributed by atoms with van der Waals surface area (Å²) in [6.45, 7) is 4.83. The molecule has 1 N–H and O–H groups in total. The van der Waals surface area contributed by atoms with Gasteiger partial charge in [0, 0.05) is 17.8 Å². The minimum atomic E-state index is -0.0968. The number of hydrogen-bond donors (Lipinski definition) is 1. The van der Waals surface area contributed by atoms with Crippen molar-refractivity contribution in [2.75, 3.05) is 36.5 Å². The Bertz CT molecular complexity index is 964. The number of aryl methyl sites for hydroxylation is 1. The van der Waals surface area contributed by atoms with Gasteiger partial charge in [-0.1, -0.05) is 35.9 Å². The predicted octanol–water partition coefficient (Wildman–Crippen LogP) is 4.95. The van der Waals surface area contributed by atoms with Crippen LogP contribution in [0.25, 0.3) is 10.1 Å². The van der Waals surface area contributed by atoms with Crippen LogP contribution in [-0.2, 0) is 4.74 Å². The Hall–Kier alpha value is -2.08. The van der Waals surface area contributed by atoms with Crippen LogP contribution in [-0.4, -0.2) is 32.2 Å². The molecule has 1 amide bonds. The first kappa shape index (κ1) is 17.3. The number of fused-ring (bicyclic) bond motifs is 1. The monoisotopic (exact) mass is 386 g/mol. The number of anilines is 2. The molecule has 0 saturated carbocycles. The van der Waals surface area contributed by atoms with E-state index in [0.717, 1.165) is 45.0 Å². The quantitative estimate of drug-likeness (QED) is 0.692. The van der Waals surface area contributed by atoms with Crippen molar-refractivity contribution >= 4 is 50.3 Å². The molecule has 3 aromatic rings. The predicted molar refractivity (Wildman–Crippen MR) is 109 cm³/mol. The van der Waals surface area contributed by atoms with Gasteiger partial charge in [-0.05, 0) is 36.1 Å². The lowest BCUT2D eigenvalue weighted by atomic mass is 10.1. The van der Waals surface area contributed by atoms with Crippen molar-refractivity contribution in [3.8, 4) is 0 Å². The van der Waals surface area contributed by atoms with Gasteiger partial charge in [-0.15, -0.1) is 11.3 Å². The summed E-state index contributed by atoms with van der Waals surface area (Å²) in [6.07, 6.45) is 0. The number of amides is 1. The van der Waals surface area contributed by atoms with Gasteiger partial charge in [0.25, 0.3) is 5.91 Å². The van der Waals surface area contributed by atoms with Crippen LogP contribution < -0.4 is 10.2 Å². The zero-order valence-electron chi connectivity index (χ0n) is 14.4. The zero-order chi connectivity index (χ0) is 18.1. The number of ether oxygens (including phenoxy) is 1. The number of benzene rings is 2. The van der Waals surface area contributed by atoms with E-state index in [2.05, 4.69) is 16.3 Å². The molecule has 0 aliphatic carbocycles. The Kier molecular flexibility index (Phi) is 4.85. The zero-order valence-corrected chi connectivity index (χ0v) is 16.0. The largest absolute Gasteiger partial charge is 0.378 e. The maximum atomic E-state index is 13.0. The van der Waals surface area contributed by atoms with Gasteiger partial charge in [0.15, 0.2) is 0 Å². The molecule has 6 heteroatoms. The molecule has 0 radical (unpaired) electrons. The number of thiophene rings is 1. The van der Waals surface area contributed by atoms with Gasteiger partial charge < -0.3 is 15.0 Å². The van der Waals surface area contributed by atoms with Crippen LogP contribution >= 0.6 is 22.9 Å². The third-order valence-electron chi connectivity index (χ3n) is 4.61. The Morgan fingerprint density at radius 1 is 1.15 bits per heavy atom. The van der Waals surface area contributed by atoms with Crippen molar-refractivity contribution in [2.45, 2.75) is 6.92 Å². The molecule has 1 fully saturated rings. The molecule has 26 heavy (non-hydrogen) atoms. The van der Waals surface area contributed by atoms with Gasteiger partial charge in [-0.3, -0.25) is 4.79 Å². The number of halogens is 1. The lowest BCUT2D eigenvalue weighted by Crippen LogP contribution is -2.37. The lowest BCUT2D eigenvalue weighted by Gasteiger charge is -2.31. The smallest absolute Gasteiger partial charge is 0.266 e. The topological polar surface area (TPSA) is 41.6 Å². The summed E-state index contributed by atoms with van der Waals surface area (Å²) < 4.78 is 6.55. The molecule has 1 aromatic heterocycles. The Labute approximate surface area is 161 Å². The molecule has 2 heterocycles. The summed E-state index contributed by atoms with van der Waals surface area (Å²) in [6, 6.07) is 13.7. The van der Waals surface area contributed by atoms with Gasteiger partial charge in [-0.2, -0.15) is 0 Å². The molecule has 1 aliphatic rings. The van der Waals surface area contributed by atoms with Crippen molar-refractivity contribution in [2.24, 2.45) is 0 Å². The van der Waals surface area contributed by atoms with Crippen molar-refractivity contribution in [3.63, 3.8) is 0 Å². The summed E-state index contributed by atoms with van der Waals surface area (Å²) in [4.78, 5) is 15.9. The molecule has 4 nitrogen and oxygen atoms in total. The van der Waals surface area contributed by atoms with E-state index < -0.39 is 0 Å². The number of hydrogen-bond acceptors (Lipinski definition) is 4. The number of nitrogens with one attached hydrogen (secondary N) is 1. The summed E-state index contributed by atoms with van der Waals surface area (Å²) in [5.74, 6) is -0.0968. The van der Waals surface area contributed by atoms with Gasteiger partial charge in [-0.25, -0.2) is 0 Å². The van der Waals surface area contributed by atoms with E-state index in [9.17, 15) is 4.79 Å². The summed E-state index contributed by atoms with van der Waals surface area (Å²) in [7, 11) is 0. The number of rotatable bonds is 3. The number of nitrogens with zero attached hydrogens (tertiary/aromatic N) is 1. The highest BCUT2D eigenvalue weighted by atomic mass is 35.5. The normalized spacial score (nSPS) is 14.6. The third kappa shape index (κ3) is 3.18. The second-order valence-corrected chi connectivity index (χ2v) is 7.70. The highest BCUT2D eigenvalue weighted by molar-refractivity contribution is 7.21. The third-order valence-corrected chi connectivity index (χ3v) is 6.19. The molecule has 1 aliphatic heterocycles. The van der Waals surface area contributed by atoms with Crippen LogP contribution in [0.2, 0.25) is 5.02 Å². The van der Waals surface area contributed by atoms with Crippen molar-refractivity contribution in [3.05, 3.63) is 57.9 Å². The molecule has 4 rings (SSSR count). The van der Waals surface area contributed by atoms with Crippen LogP contribution in [0.1, 0.15) is 15.2 Å². The van der Waals surface area contributed by atoms with Crippen LogP contribution in [0.4, 0.5) is 11.4 Å². The van der Waals surface area contributed by atoms with Crippen LogP contribution in [0, 0.1) is 6.92 Å². The fourth-order valence-corrected chi connectivity index (χ4v) is 4.69.